The van der Waals surface area contributed by atoms with Crippen molar-refractivity contribution in [2.75, 3.05) is 45.4 Å². The van der Waals surface area contributed by atoms with Crippen molar-refractivity contribution in [2.45, 2.75) is 19.5 Å². The van der Waals surface area contributed by atoms with Gasteiger partial charge in [0.25, 0.3) is 5.56 Å². The molecule has 0 aliphatic carbocycles. The lowest BCUT2D eigenvalue weighted by Gasteiger charge is -2.20. The first-order chi connectivity index (χ1) is 9.36. The number of anilines is 2. The molecule has 0 fully saturated rings. The van der Waals surface area contributed by atoms with E-state index in [0.717, 1.165) is 6.54 Å². The second-order valence-corrected chi connectivity index (χ2v) is 4.97. The van der Waals surface area contributed by atoms with E-state index in [1.807, 2.05) is 25.9 Å². The second kappa shape index (κ2) is 7.11. The number of nitrogen functional groups attached to an aromatic ring is 1. The minimum Gasteiger partial charge on any atom is -0.383 e. The third-order valence-corrected chi connectivity index (χ3v) is 2.79. The molecule has 0 saturated carbocycles. The Balaban J connectivity index is 3.07. The van der Waals surface area contributed by atoms with E-state index in [1.54, 1.807) is 0 Å². The van der Waals surface area contributed by atoms with Crippen LogP contribution in [0.3, 0.4) is 0 Å². The fourth-order valence-electron chi connectivity index (χ4n) is 1.97. The molecule has 0 radical (unpaired) electrons. The molecule has 8 nitrogen and oxygen atoms in total. The van der Waals surface area contributed by atoms with Crippen LogP contribution in [-0.4, -0.2) is 54.8 Å². The number of nitrogens with one attached hydrogen (secondary N) is 2. The van der Waals surface area contributed by atoms with Crippen LogP contribution in [-0.2, 0) is 11.3 Å². The van der Waals surface area contributed by atoms with E-state index in [4.69, 9.17) is 10.5 Å². The van der Waals surface area contributed by atoms with Crippen LogP contribution in [0.25, 0.3) is 0 Å². The van der Waals surface area contributed by atoms with Gasteiger partial charge in [0.2, 0.25) is 0 Å². The minimum atomic E-state index is -0.532. The van der Waals surface area contributed by atoms with Crippen LogP contribution >= 0.6 is 0 Å². The quantitative estimate of drug-likeness (QED) is 0.601. The van der Waals surface area contributed by atoms with Crippen LogP contribution in [0.2, 0.25) is 0 Å². The Bertz CT molecular complexity index is 549. The number of nitrogens with zero attached hydrogens (tertiary/aromatic N) is 2. The Morgan fingerprint density at radius 2 is 2.10 bits per heavy atom. The number of hydrogen-bond donors (Lipinski definition) is 3. The van der Waals surface area contributed by atoms with E-state index in [0.29, 0.717) is 6.61 Å². The number of likely N-dealkylation sites (N-methyl/N-ethyl adjacent to an activating group) is 1. The molecule has 1 rings (SSSR count). The first-order valence-electron chi connectivity index (χ1n) is 6.39. The highest BCUT2D eigenvalue weighted by Crippen LogP contribution is 2.11. The SMILES string of the molecule is COCCn1c(N)c(NC(C)CN(C)C)c(=O)[nH]c1=O. The van der Waals surface area contributed by atoms with Crippen molar-refractivity contribution >= 4 is 11.5 Å². The molecule has 1 atom stereocenters. The highest BCUT2D eigenvalue weighted by molar-refractivity contribution is 5.60. The lowest BCUT2D eigenvalue weighted by atomic mass is 10.3. The molecule has 114 valence electrons. The van der Waals surface area contributed by atoms with Gasteiger partial charge in [-0.05, 0) is 21.0 Å². The Morgan fingerprint density at radius 3 is 2.65 bits per heavy atom. The van der Waals surface area contributed by atoms with Crippen LogP contribution in [0.4, 0.5) is 11.5 Å². The molecule has 1 unspecified atom stereocenters. The summed E-state index contributed by atoms with van der Waals surface area (Å²) >= 11 is 0. The van der Waals surface area contributed by atoms with Crippen molar-refractivity contribution in [3.8, 4) is 0 Å². The zero-order valence-electron chi connectivity index (χ0n) is 12.4. The van der Waals surface area contributed by atoms with Gasteiger partial charge in [-0.3, -0.25) is 14.3 Å². The molecule has 0 aliphatic rings. The largest absolute Gasteiger partial charge is 0.383 e. The number of aromatic amines is 1. The zero-order valence-corrected chi connectivity index (χ0v) is 12.4. The lowest BCUT2D eigenvalue weighted by Crippen LogP contribution is -2.38. The van der Waals surface area contributed by atoms with E-state index < -0.39 is 11.2 Å². The summed E-state index contributed by atoms with van der Waals surface area (Å²) in [5, 5.41) is 3.04. The summed E-state index contributed by atoms with van der Waals surface area (Å²) in [4.78, 5) is 27.8. The van der Waals surface area contributed by atoms with Gasteiger partial charge in [0.05, 0.1) is 13.2 Å². The van der Waals surface area contributed by atoms with E-state index in [2.05, 4.69) is 10.3 Å². The van der Waals surface area contributed by atoms with Crippen LogP contribution in [0.5, 0.6) is 0 Å². The molecule has 0 aliphatic heterocycles. The number of methoxy groups -OCH3 is 1. The molecular formula is C12H23N5O3. The van der Waals surface area contributed by atoms with E-state index >= 15 is 0 Å². The molecule has 0 saturated heterocycles. The third-order valence-electron chi connectivity index (χ3n) is 2.79. The van der Waals surface area contributed by atoms with Gasteiger partial charge in [-0.2, -0.15) is 0 Å². The van der Waals surface area contributed by atoms with Crippen molar-refractivity contribution in [1.82, 2.24) is 14.5 Å². The molecular weight excluding hydrogens is 262 g/mol. The monoisotopic (exact) mass is 285 g/mol. The molecule has 0 aromatic carbocycles. The number of aromatic nitrogens is 2. The zero-order chi connectivity index (χ0) is 15.3. The van der Waals surface area contributed by atoms with Gasteiger partial charge in [0.15, 0.2) is 0 Å². The molecule has 0 amide bonds. The fraction of sp³-hybridized carbons (Fsp3) is 0.667. The van der Waals surface area contributed by atoms with Gasteiger partial charge in [0.1, 0.15) is 11.5 Å². The fourth-order valence-corrected chi connectivity index (χ4v) is 1.97. The van der Waals surface area contributed by atoms with E-state index in [9.17, 15) is 9.59 Å². The summed E-state index contributed by atoms with van der Waals surface area (Å²) in [6.45, 7) is 3.29. The maximum atomic E-state index is 11.9. The molecule has 1 aromatic rings. The first kappa shape index (κ1) is 16.3. The van der Waals surface area contributed by atoms with Crippen molar-refractivity contribution in [2.24, 2.45) is 0 Å². The number of nitrogens with two attached hydrogens (primary N) is 1. The molecule has 4 N–H and O–H groups in total. The highest BCUT2D eigenvalue weighted by atomic mass is 16.5. The molecule has 20 heavy (non-hydrogen) atoms. The Morgan fingerprint density at radius 1 is 1.45 bits per heavy atom. The Kier molecular flexibility index (Phi) is 5.78. The molecule has 0 spiro atoms. The van der Waals surface area contributed by atoms with Gasteiger partial charge in [-0.25, -0.2) is 4.79 Å². The number of rotatable bonds is 7. The topological polar surface area (TPSA) is 105 Å². The van der Waals surface area contributed by atoms with Crippen LogP contribution in [0, 0.1) is 0 Å². The summed E-state index contributed by atoms with van der Waals surface area (Å²) in [6.07, 6.45) is 0. The van der Waals surface area contributed by atoms with Crippen LogP contribution < -0.4 is 22.3 Å². The standard InChI is InChI=1S/C12H23N5O3/c1-8(7-16(2)3)14-9-10(13)17(5-6-20-4)12(19)15-11(9)18/h8,14H,5-7,13H2,1-4H3,(H,15,18,19). The number of H-pyrrole nitrogens is 1. The highest BCUT2D eigenvalue weighted by Gasteiger charge is 2.14. The van der Waals surface area contributed by atoms with E-state index in [1.165, 1.54) is 11.7 Å². The minimum absolute atomic E-state index is 0.0155. The maximum Gasteiger partial charge on any atom is 0.330 e. The predicted octanol–water partition coefficient (Wildman–Crippen LogP) is -0.873. The number of hydrogen-bond acceptors (Lipinski definition) is 6. The average Bonchev–Trinajstić information content (AvgIpc) is 2.33. The average molecular weight is 285 g/mol. The smallest absolute Gasteiger partial charge is 0.330 e. The van der Waals surface area contributed by atoms with Gasteiger partial charge >= 0.3 is 5.69 Å². The Labute approximate surface area is 117 Å². The van der Waals surface area contributed by atoms with Crippen molar-refractivity contribution in [1.29, 1.82) is 0 Å². The molecule has 8 heteroatoms. The predicted molar refractivity (Wildman–Crippen MR) is 79.2 cm³/mol. The lowest BCUT2D eigenvalue weighted by molar-refractivity contribution is 0.186. The van der Waals surface area contributed by atoms with Crippen LogP contribution in [0.15, 0.2) is 9.59 Å². The second-order valence-electron chi connectivity index (χ2n) is 4.97. The summed E-state index contributed by atoms with van der Waals surface area (Å²) < 4.78 is 6.21. The van der Waals surface area contributed by atoms with Crippen molar-refractivity contribution < 1.29 is 4.74 Å². The van der Waals surface area contributed by atoms with Crippen molar-refractivity contribution in [3.05, 3.63) is 20.8 Å². The molecule has 0 bridgehead atoms. The molecule has 1 aromatic heterocycles. The summed E-state index contributed by atoms with van der Waals surface area (Å²) in [6, 6.07) is 0.0155. The van der Waals surface area contributed by atoms with Gasteiger partial charge < -0.3 is 20.7 Å². The third kappa shape index (κ3) is 4.10. The van der Waals surface area contributed by atoms with E-state index in [-0.39, 0.29) is 24.1 Å². The van der Waals surface area contributed by atoms with Crippen molar-refractivity contribution in [3.63, 3.8) is 0 Å². The van der Waals surface area contributed by atoms with Gasteiger partial charge in [-0.15, -0.1) is 0 Å². The first-order valence-corrected chi connectivity index (χ1v) is 6.39. The number of ether oxygens (including phenoxy) is 1. The van der Waals surface area contributed by atoms with Crippen LogP contribution in [0.1, 0.15) is 6.92 Å². The van der Waals surface area contributed by atoms with Gasteiger partial charge in [0, 0.05) is 19.7 Å². The normalized spacial score (nSPS) is 12.7. The summed E-state index contributed by atoms with van der Waals surface area (Å²) in [5.74, 6) is 0.126. The summed E-state index contributed by atoms with van der Waals surface area (Å²) in [7, 11) is 5.40. The summed E-state index contributed by atoms with van der Waals surface area (Å²) in [5.41, 5.74) is 5.09. The van der Waals surface area contributed by atoms with Gasteiger partial charge in [-0.1, -0.05) is 0 Å². The molecule has 1 heterocycles. The Hall–Kier alpha value is -1.80. The maximum absolute atomic E-state index is 11.9.